The number of aliphatic carboxylic acids is 1. The number of rotatable bonds is 6. The van der Waals surface area contributed by atoms with Crippen LogP contribution in [0.3, 0.4) is 0 Å². The van der Waals surface area contributed by atoms with Crippen LogP contribution in [0.4, 0.5) is 0 Å². The molecule has 0 amide bonds. The Hall–Kier alpha value is 0.290. The van der Waals surface area contributed by atoms with E-state index >= 15 is 0 Å². The minimum atomic E-state index is -1.10. The smallest absolute Gasteiger partial charge is 1.00 e. The summed E-state index contributed by atoms with van der Waals surface area (Å²) in [5.41, 5.74) is -0.299. The van der Waals surface area contributed by atoms with Gasteiger partial charge in [0.1, 0.15) is 5.92 Å². The Morgan fingerprint density at radius 3 is 2.27 bits per heavy atom. The maximum atomic E-state index is 11.5. The van der Waals surface area contributed by atoms with E-state index in [9.17, 15) is 9.59 Å². The first-order valence-corrected chi connectivity index (χ1v) is 5.49. The minimum absolute atomic E-state index is 0. The molecule has 0 aliphatic heterocycles. The minimum Gasteiger partial charge on any atom is -1.00 e. The molecule has 0 fully saturated rings. The summed E-state index contributed by atoms with van der Waals surface area (Å²) >= 11 is 3.13. The van der Waals surface area contributed by atoms with Crippen LogP contribution in [-0.2, 0) is 9.59 Å². The third-order valence-electron chi connectivity index (χ3n) is 2.00. The van der Waals surface area contributed by atoms with E-state index in [0.29, 0.717) is 5.33 Å². The number of ketones is 1. The number of Topliss-reactive ketones (excluding diaryl/α,β-unsaturated/α-hetero) is 1. The fraction of sp³-hybridized carbons (Fsp3) is 0.667. The van der Waals surface area contributed by atoms with Crippen molar-refractivity contribution in [2.45, 2.75) is 20.3 Å². The molecule has 0 saturated heterocycles. The van der Waals surface area contributed by atoms with Crippen molar-refractivity contribution in [3.05, 3.63) is 0 Å². The number of nitrogens with one attached hydrogen (secondary N) is 1. The van der Waals surface area contributed by atoms with Gasteiger partial charge in [0, 0.05) is 11.2 Å². The predicted octanol–water partition coefficient (Wildman–Crippen LogP) is -1.17. The molecule has 0 radical (unpaired) electrons. The molecule has 0 aromatic heterocycles. The zero-order valence-corrected chi connectivity index (χ0v) is 12.8. The number of carboxylic acid groups (broad SMARTS) is 1. The summed E-state index contributed by atoms with van der Waals surface area (Å²) in [4.78, 5) is 22.1. The molecule has 0 aliphatic rings. The van der Waals surface area contributed by atoms with Gasteiger partial charge in [-0.15, -0.1) is 0 Å². The van der Waals surface area contributed by atoms with Gasteiger partial charge in [-0.2, -0.15) is 0 Å². The number of halogens is 1. The van der Waals surface area contributed by atoms with Gasteiger partial charge in [0.2, 0.25) is 0 Å². The van der Waals surface area contributed by atoms with Crippen LogP contribution in [-0.4, -0.2) is 27.9 Å². The zero-order chi connectivity index (χ0) is 11.3. The molecule has 2 N–H and O–H groups in total. The monoisotopic (exact) mass is 287 g/mol. The molecule has 2 atom stereocenters. The molecule has 6 heteroatoms. The molecule has 0 heterocycles. The molecule has 82 valence electrons. The molecule has 0 bridgehead atoms. The Morgan fingerprint density at radius 1 is 1.53 bits per heavy atom. The van der Waals surface area contributed by atoms with E-state index in [0.717, 1.165) is 0 Å². The fourth-order valence-electron chi connectivity index (χ4n) is 1.01. The maximum absolute atomic E-state index is 11.5. The average molecular weight is 288 g/mol. The van der Waals surface area contributed by atoms with E-state index in [2.05, 4.69) is 15.9 Å². The summed E-state index contributed by atoms with van der Waals surface area (Å²) in [5.74, 6) is -2.80. The zero-order valence-electron chi connectivity index (χ0n) is 10.2. The van der Waals surface area contributed by atoms with Gasteiger partial charge < -0.3 is 11.9 Å². The number of hydrogen-bond donors (Lipinski definition) is 2. The third kappa shape index (κ3) is 5.24. The topological polar surface area (TPSA) is 78.2 Å². The van der Waals surface area contributed by atoms with Gasteiger partial charge >= 0.3 is 35.5 Å². The van der Waals surface area contributed by atoms with Crippen molar-refractivity contribution < 1.29 is 45.7 Å². The van der Waals surface area contributed by atoms with Gasteiger partial charge in [-0.05, 0) is 6.42 Å². The number of hydrogen-bond acceptors (Lipinski definition) is 3. The molecule has 0 aromatic rings. The van der Waals surface area contributed by atoms with Crippen molar-refractivity contribution in [3.8, 4) is 0 Å². The van der Waals surface area contributed by atoms with E-state index in [4.69, 9.17) is 10.5 Å². The number of alkyl halides is 1. The Labute approximate surface area is 121 Å². The number of carbonyl (C=O) groups is 2. The van der Waals surface area contributed by atoms with Crippen molar-refractivity contribution in [2.75, 3.05) is 5.33 Å². The van der Waals surface area contributed by atoms with Gasteiger partial charge in [0.25, 0.3) is 0 Å². The van der Waals surface area contributed by atoms with Crippen LogP contribution in [0.5, 0.6) is 0 Å². The Balaban J connectivity index is -0.000000845. The van der Waals surface area contributed by atoms with E-state index < -0.39 is 17.7 Å². The van der Waals surface area contributed by atoms with E-state index in [1.807, 2.05) is 0 Å². The van der Waals surface area contributed by atoms with Crippen LogP contribution in [0, 0.1) is 17.2 Å². The largest absolute Gasteiger partial charge is 1.00 e. The molecule has 4 nitrogen and oxygen atoms in total. The number of carbonyl (C=O) groups excluding carboxylic acids is 1. The first-order valence-electron chi connectivity index (χ1n) is 4.37. The van der Waals surface area contributed by atoms with Crippen LogP contribution in [0.2, 0.25) is 0 Å². The van der Waals surface area contributed by atoms with Crippen molar-refractivity contribution in [1.82, 2.24) is 0 Å². The summed E-state index contributed by atoms with van der Waals surface area (Å²) in [5, 5.41) is 16.7. The fourth-order valence-corrected chi connectivity index (χ4v) is 1.30. The van der Waals surface area contributed by atoms with Crippen LogP contribution < -0.4 is 29.6 Å². The quantitative estimate of drug-likeness (QED) is 0.367. The Morgan fingerprint density at radius 2 is 2.00 bits per heavy atom. The Kier molecular flexibility index (Phi) is 9.95. The second-order valence-corrected chi connectivity index (χ2v) is 3.78. The van der Waals surface area contributed by atoms with Crippen molar-refractivity contribution in [1.29, 1.82) is 5.41 Å². The second-order valence-electron chi connectivity index (χ2n) is 3.13. The molecule has 0 spiro atoms. The van der Waals surface area contributed by atoms with Crippen LogP contribution >= 0.6 is 15.9 Å². The molecule has 0 aliphatic carbocycles. The van der Waals surface area contributed by atoms with Crippen LogP contribution in [0.25, 0.3) is 0 Å². The van der Waals surface area contributed by atoms with Crippen LogP contribution in [0.15, 0.2) is 0 Å². The molecular weight excluding hydrogens is 273 g/mol. The molecule has 15 heavy (non-hydrogen) atoms. The second kappa shape index (κ2) is 8.44. The molecule has 0 saturated carbocycles. The van der Waals surface area contributed by atoms with E-state index in [1.165, 1.54) is 0 Å². The summed E-state index contributed by atoms with van der Waals surface area (Å²) in [7, 11) is 0. The standard InChI is InChI=1S/C9H14BrNO3.Na.H/c1-3-6(9(13)14)7(11)8(12)5(2)4-10;;/h5-6,11H,3-4H2,1-2H3,(H,13,14);;/q;+1;-1/t5-,6?;;/m0../s1. The SMILES string of the molecule is CCC(C(=N)C(=O)[C@@H](C)CBr)C(=O)O.[H-].[Na+]. The normalized spacial score (nSPS) is 13.5. The van der Waals surface area contributed by atoms with Gasteiger partial charge in [-0.3, -0.25) is 9.59 Å². The Bertz CT molecular complexity index is 263. The first-order chi connectivity index (χ1) is 6.45. The van der Waals surface area contributed by atoms with Crippen molar-refractivity contribution >= 4 is 33.4 Å². The molecule has 0 rings (SSSR count). The van der Waals surface area contributed by atoms with Crippen LogP contribution in [0.1, 0.15) is 21.7 Å². The van der Waals surface area contributed by atoms with Gasteiger partial charge in [0.15, 0.2) is 5.78 Å². The molecule has 1 unspecified atom stereocenters. The molecular formula is C9H15BrNNaO3. The van der Waals surface area contributed by atoms with Gasteiger partial charge in [-0.1, -0.05) is 29.8 Å². The van der Waals surface area contributed by atoms with E-state index in [-0.39, 0.29) is 49.0 Å². The van der Waals surface area contributed by atoms with Crippen molar-refractivity contribution in [3.63, 3.8) is 0 Å². The van der Waals surface area contributed by atoms with Crippen molar-refractivity contribution in [2.24, 2.45) is 11.8 Å². The maximum Gasteiger partial charge on any atom is 1.00 e. The summed E-state index contributed by atoms with van der Waals surface area (Å²) in [6, 6.07) is 0. The molecule has 0 aromatic carbocycles. The number of carboxylic acids is 1. The van der Waals surface area contributed by atoms with Gasteiger partial charge in [-0.25, -0.2) is 0 Å². The summed E-state index contributed by atoms with van der Waals surface area (Å²) < 4.78 is 0. The summed E-state index contributed by atoms with van der Waals surface area (Å²) in [6.45, 7) is 3.32. The van der Waals surface area contributed by atoms with Gasteiger partial charge in [0.05, 0.1) is 5.71 Å². The average Bonchev–Trinajstić information content (AvgIpc) is 2.15. The third-order valence-corrected chi connectivity index (χ3v) is 2.97. The predicted molar refractivity (Wildman–Crippen MR) is 58.2 cm³/mol. The van der Waals surface area contributed by atoms with E-state index in [1.54, 1.807) is 13.8 Å². The summed E-state index contributed by atoms with van der Waals surface area (Å²) in [6.07, 6.45) is 0.273. The first kappa shape index (κ1) is 17.7.